The zero-order valence-corrected chi connectivity index (χ0v) is 15.3. The molecule has 0 atom stereocenters. The average Bonchev–Trinajstić information content (AvgIpc) is 2.71. The molecule has 156 valence electrons. The Labute approximate surface area is 166 Å². The van der Waals surface area contributed by atoms with Crippen molar-refractivity contribution in [2.24, 2.45) is 0 Å². The van der Waals surface area contributed by atoms with Gasteiger partial charge >= 0.3 is 18.3 Å². The standard InChI is InChI=1S/C21H13F6NO2/c1-30-19(29)18-15(14-7-3-5-9-17(14)21(25,26)27)10-12(11-28-18)13-6-2-4-8-16(13)20(22,23)24/h2-11H,1H3. The summed E-state index contributed by atoms with van der Waals surface area (Å²) in [4.78, 5) is 15.9. The van der Waals surface area contributed by atoms with Crippen LogP contribution in [0.1, 0.15) is 21.6 Å². The van der Waals surface area contributed by atoms with E-state index in [2.05, 4.69) is 9.72 Å². The Balaban J connectivity index is 2.32. The van der Waals surface area contributed by atoms with Crippen LogP contribution in [0.5, 0.6) is 0 Å². The van der Waals surface area contributed by atoms with Gasteiger partial charge in [0.25, 0.3) is 0 Å². The number of esters is 1. The van der Waals surface area contributed by atoms with Gasteiger partial charge in [-0.1, -0.05) is 36.4 Å². The third-order valence-electron chi connectivity index (χ3n) is 4.33. The first-order chi connectivity index (χ1) is 14.0. The molecule has 1 aromatic heterocycles. The Morgan fingerprint density at radius 1 is 0.800 bits per heavy atom. The summed E-state index contributed by atoms with van der Waals surface area (Å²) in [5.41, 5.74) is -3.54. The van der Waals surface area contributed by atoms with E-state index in [1.165, 1.54) is 30.3 Å². The monoisotopic (exact) mass is 425 g/mol. The molecule has 0 aliphatic rings. The Hall–Kier alpha value is -3.36. The molecule has 0 amide bonds. The van der Waals surface area contributed by atoms with Crippen LogP contribution < -0.4 is 0 Å². The number of pyridine rings is 1. The number of carbonyl (C=O) groups excluding carboxylic acids is 1. The normalized spacial score (nSPS) is 12.0. The van der Waals surface area contributed by atoms with Crippen LogP contribution in [0.3, 0.4) is 0 Å². The summed E-state index contributed by atoms with van der Waals surface area (Å²) in [6, 6.07) is 10.1. The highest BCUT2D eigenvalue weighted by Gasteiger charge is 2.36. The maximum absolute atomic E-state index is 13.5. The van der Waals surface area contributed by atoms with Crippen LogP contribution in [0.25, 0.3) is 22.3 Å². The molecular formula is C21H13F6NO2. The second kappa shape index (κ2) is 7.81. The molecule has 3 aromatic rings. The Kier molecular flexibility index (Phi) is 5.56. The van der Waals surface area contributed by atoms with E-state index in [1.54, 1.807) is 0 Å². The zero-order valence-electron chi connectivity index (χ0n) is 15.3. The molecule has 3 rings (SSSR count). The van der Waals surface area contributed by atoms with Crippen LogP contribution in [0.4, 0.5) is 26.3 Å². The molecule has 1 heterocycles. The van der Waals surface area contributed by atoms with Crippen molar-refractivity contribution in [2.45, 2.75) is 12.4 Å². The Morgan fingerprint density at radius 3 is 1.83 bits per heavy atom. The van der Waals surface area contributed by atoms with E-state index in [9.17, 15) is 31.1 Å². The minimum atomic E-state index is -4.76. The van der Waals surface area contributed by atoms with Crippen molar-refractivity contribution in [1.82, 2.24) is 4.98 Å². The molecule has 0 fully saturated rings. The predicted molar refractivity (Wildman–Crippen MR) is 96.5 cm³/mol. The fourth-order valence-electron chi connectivity index (χ4n) is 3.02. The quantitative estimate of drug-likeness (QED) is 0.368. The minimum absolute atomic E-state index is 0.0949. The summed E-state index contributed by atoms with van der Waals surface area (Å²) in [7, 11) is 1.02. The van der Waals surface area contributed by atoms with E-state index in [4.69, 9.17) is 0 Å². The highest BCUT2D eigenvalue weighted by molar-refractivity contribution is 5.97. The molecule has 0 saturated heterocycles. The van der Waals surface area contributed by atoms with Gasteiger partial charge in [0.2, 0.25) is 0 Å². The van der Waals surface area contributed by atoms with E-state index in [0.717, 1.165) is 37.6 Å². The molecule has 0 spiro atoms. The lowest BCUT2D eigenvalue weighted by Crippen LogP contribution is -2.12. The molecule has 30 heavy (non-hydrogen) atoms. The van der Waals surface area contributed by atoms with E-state index in [0.29, 0.717) is 0 Å². The fourth-order valence-corrected chi connectivity index (χ4v) is 3.02. The van der Waals surface area contributed by atoms with E-state index >= 15 is 0 Å². The van der Waals surface area contributed by atoms with Crippen LogP contribution in [-0.4, -0.2) is 18.1 Å². The van der Waals surface area contributed by atoms with Gasteiger partial charge in [-0.3, -0.25) is 0 Å². The van der Waals surface area contributed by atoms with Gasteiger partial charge in [-0.15, -0.1) is 0 Å². The number of carbonyl (C=O) groups is 1. The van der Waals surface area contributed by atoms with Crippen LogP contribution in [0.2, 0.25) is 0 Å². The van der Waals surface area contributed by atoms with Crippen molar-refractivity contribution in [3.8, 4) is 22.3 Å². The first kappa shape index (κ1) is 21.4. The number of rotatable bonds is 3. The number of methoxy groups -OCH3 is 1. The van der Waals surface area contributed by atoms with E-state index in [-0.39, 0.29) is 16.7 Å². The van der Waals surface area contributed by atoms with Gasteiger partial charge in [0.05, 0.1) is 18.2 Å². The maximum Gasteiger partial charge on any atom is 0.417 e. The first-order valence-electron chi connectivity index (χ1n) is 8.45. The largest absolute Gasteiger partial charge is 0.464 e. The number of nitrogens with zero attached hydrogens (tertiary/aromatic N) is 1. The number of benzene rings is 2. The van der Waals surface area contributed by atoms with E-state index < -0.39 is 40.7 Å². The smallest absolute Gasteiger partial charge is 0.417 e. The van der Waals surface area contributed by atoms with Gasteiger partial charge in [0.15, 0.2) is 5.69 Å². The average molecular weight is 425 g/mol. The molecule has 0 N–H and O–H groups in total. The summed E-state index contributed by atoms with van der Waals surface area (Å²) in [6.45, 7) is 0. The molecule has 0 aliphatic heterocycles. The molecule has 9 heteroatoms. The molecule has 0 bridgehead atoms. The van der Waals surface area contributed by atoms with Gasteiger partial charge in [-0.2, -0.15) is 26.3 Å². The number of aromatic nitrogens is 1. The Morgan fingerprint density at radius 2 is 1.30 bits per heavy atom. The lowest BCUT2D eigenvalue weighted by Gasteiger charge is -2.17. The van der Waals surface area contributed by atoms with Gasteiger partial charge in [0, 0.05) is 17.3 Å². The molecule has 3 nitrogen and oxygen atoms in total. The van der Waals surface area contributed by atoms with Crippen molar-refractivity contribution >= 4 is 5.97 Å². The molecule has 0 unspecified atom stereocenters. The minimum Gasteiger partial charge on any atom is -0.464 e. The van der Waals surface area contributed by atoms with Gasteiger partial charge < -0.3 is 4.74 Å². The summed E-state index contributed by atoms with van der Waals surface area (Å²) in [6.07, 6.45) is -8.46. The second-order valence-corrected chi connectivity index (χ2v) is 6.20. The lowest BCUT2D eigenvalue weighted by atomic mass is 9.93. The number of hydrogen-bond acceptors (Lipinski definition) is 3. The van der Waals surface area contributed by atoms with Crippen LogP contribution >= 0.6 is 0 Å². The molecule has 0 saturated carbocycles. The van der Waals surface area contributed by atoms with Gasteiger partial charge in [-0.25, -0.2) is 9.78 Å². The van der Waals surface area contributed by atoms with Gasteiger partial charge in [0.1, 0.15) is 0 Å². The zero-order chi connectivity index (χ0) is 22.1. The van der Waals surface area contributed by atoms with Crippen LogP contribution in [0, 0.1) is 0 Å². The van der Waals surface area contributed by atoms with Crippen molar-refractivity contribution in [3.63, 3.8) is 0 Å². The van der Waals surface area contributed by atoms with Gasteiger partial charge in [-0.05, 0) is 29.3 Å². The molecular weight excluding hydrogens is 412 g/mol. The highest BCUT2D eigenvalue weighted by atomic mass is 19.4. The third kappa shape index (κ3) is 4.14. The first-order valence-corrected chi connectivity index (χ1v) is 8.45. The highest BCUT2D eigenvalue weighted by Crippen LogP contribution is 2.41. The summed E-state index contributed by atoms with van der Waals surface area (Å²) >= 11 is 0. The second-order valence-electron chi connectivity index (χ2n) is 6.20. The number of ether oxygens (including phenoxy) is 1. The Bertz CT molecular complexity index is 1090. The SMILES string of the molecule is COC(=O)c1ncc(-c2ccccc2C(F)(F)F)cc1-c1ccccc1C(F)(F)F. The number of hydrogen-bond donors (Lipinski definition) is 0. The molecule has 0 aliphatic carbocycles. The maximum atomic E-state index is 13.5. The summed E-state index contributed by atoms with van der Waals surface area (Å²) < 4.78 is 85.3. The molecule has 0 radical (unpaired) electrons. The van der Waals surface area contributed by atoms with Crippen LogP contribution in [0.15, 0.2) is 60.8 Å². The fraction of sp³-hybridized carbons (Fsp3) is 0.143. The van der Waals surface area contributed by atoms with Crippen molar-refractivity contribution < 1.29 is 35.9 Å². The van der Waals surface area contributed by atoms with Crippen molar-refractivity contribution in [1.29, 1.82) is 0 Å². The summed E-state index contributed by atoms with van der Waals surface area (Å²) in [5, 5.41) is 0. The van der Waals surface area contributed by atoms with Crippen LogP contribution in [-0.2, 0) is 17.1 Å². The third-order valence-corrected chi connectivity index (χ3v) is 4.33. The molecule has 2 aromatic carbocycles. The summed E-state index contributed by atoms with van der Waals surface area (Å²) in [5.74, 6) is -1.02. The van der Waals surface area contributed by atoms with Crippen molar-refractivity contribution in [3.05, 3.63) is 77.6 Å². The van der Waals surface area contributed by atoms with E-state index in [1.807, 2.05) is 0 Å². The topological polar surface area (TPSA) is 39.2 Å². The number of alkyl halides is 6. The lowest BCUT2D eigenvalue weighted by molar-refractivity contribution is -0.137. The predicted octanol–water partition coefficient (Wildman–Crippen LogP) is 6.24. The number of halogens is 6. The van der Waals surface area contributed by atoms with Crippen molar-refractivity contribution in [2.75, 3.05) is 7.11 Å².